The van der Waals surface area contributed by atoms with Crippen molar-refractivity contribution in [1.82, 2.24) is 4.90 Å². The van der Waals surface area contributed by atoms with Crippen LogP contribution in [0.4, 0.5) is 10.1 Å². The number of nitrogens with one attached hydrogen (secondary N) is 1. The molecule has 1 saturated heterocycles. The Kier molecular flexibility index (Phi) is 6.51. The lowest BCUT2D eigenvalue weighted by molar-refractivity contribution is -0.148. The van der Waals surface area contributed by atoms with Crippen LogP contribution in [0.5, 0.6) is 0 Å². The molecule has 6 nitrogen and oxygen atoms in total. The molecule has 3 aliphatic heterocycles. The van der Waals surface area contributed by atoms with E-state index in [-0.39, 0.29) is 25.3 Å². The molecule has 0 saturated carbocycles. The summed E-state index contributed by atoms with van der Waals surface area (Å²) in [7, 11) is 0. The molecule has 3 heterocycles. The van der Waals surface area contributed by atoms with Crippen molar-refractivity contribution < 1.29 is 23.5 Å². The quantitative estimate of drug-likeness (QED) is 0.539. The molecule has 1 atom stereocenters. The average molecular weight is 453 g/mol. The number of ether oxygens (including phenoxy) is 2. The number of anilines is 1. The molecular weight excluding hydrogens is 423 g/mol. The number of nitrogens with zero attached hydrogens (tertiary/aromatic N) is 1. The summed E-state index contributed by atoms with van der Waals surface area (Å²) in [6.45, 7) is 4.29. The Morgan fingerprint density at radius 3 is 2.91 bits per heavy atom. The number of esters is 1. The monoisotopic (exact) mass is 452 g/mol. The molecule has 0 bridgehead atoms. The highest BCUT2D eigenvalue weighted by molar-refractivity contribution is 6.36. The van der Waals surface area contributed by atoms with E-state index in [1.54, 1.807) is 6.07 Å². The third-order valence-corrected chi connectivity index (χ3v) is 6.35. The van der Waals surface area contributed by atoms with E-state index in [9.17, 15) is 14.0 Å². The molecule has 0 unspecified atom stereocenters. The first kappa shape index (κ1) is 23.0. The van der Waals surface area contributed by atoms with Gasteiger partial charge in [0.25, 0.3) is 5.91 Å². The molecule has 33 heavy (non-hydrogen) atoms. The molecule has 3 aliphatic rings. The van der Waals surface area contributed by atoms with Crippen LogP contribution < -0.4 is 5.32 Å². The van der Waals surface area contributed by atoms with E-state index in [1.807, 2.05) is 19.1 Å². The van der Waals surface area contributed by atoms with Gasteiger partial charge < -0.3 is 14.8 Å². The summed E-state index contributed by atoms with van der Waals surface area (Å²) in [5, 5.41) is 2.78. The van der Waals surface area contributed by atoms with Crippen LogP contribution >= 0.6 is 0 Å². The zero-order valence-electron chi connectivity index (χ0n) is 17.9. The van der Waals surface area contributed by atoms with E-state index in [4.69, 9.17) is 9.47 Å². The lowest BCUT2D eigenvalue weighted by Gasteiger charge is -2.22. The first-order chi connectivity index (χ1) is 15.5. The van der Waals surface area contributed by atoms with Crippen LogP contribution in [0.15, 0.2) is 36.4 Å². The standard InChI is InChI=1S/C25H25FN2O4.CH4/c1-2-31-25(30)21-4-3-10-28(21)11-9-15-5-7-18-16(12-15)14-32-23(18)22-19-13-17(26)6-8-20(19)27-24(22)29;/h5-8,12-13,21H,2-4,9-11,14H2,1H3,(H,27,29);1H4/b23-22+;/t21-;/m0./s1. The number of benzene rings is 2. The van der Waals surface area contributed by atoms with Gasteiger partial charge in [-0.25, -0.2) is 4.39 Å². The molecule has 0 aromatic heterocycles. The first-order valence-corrected chi connectivity index (χ1v) is 11.1. The average Bonchev–Trinajstić information content (AvgIpc) is 3.48. The molecule has 2 aromatic carbocycles. The first-order valence-electron chi connectivity index (χ1n) is 11.1. The minimum absolute atomic E-state index is 0. The second-order valence-corrected chi connectivity index (χ2v) is 8.32. The lowest BCUT2D eigenvalue weighted by atomic mass is 9.98. The van der Waals surface area contributed by atoms with Gasteiger partial charge in [-0.1, -0.05) is 25.6 Å². The summed E-state index contributed by atoms with van der Waals surface area (Å²) in [5.74, 6) is -0.308. The molecule has 5 rings (SSSR count). The summed E-state index contributed by atoms with van der Waals surface area (Å²) >= 11 is 0. The molecule has 0 aliphatic carbocycles. The van der Waals surface area contributed by atoms with Gasteiger partial charge in [0.2, 0.25) is 0 Å². The van der Waals surface area contributed by atoms with Crippen molar-refractivity contribution in [2.24, 2.45) is 0 Å². The maximum Gasteiger partial charge on any atom is 0.323 e. The van der Waals surface area contributed by atoms with Crippen molar-refractivity contribution in [2.75, 3.05) is 25.0 Å². The number of likely N-dealkylation sites (tertiary alicyclic amines) is 1. The van der Waals surface area contributed by atoms with Gasteiger partial charge in [0.05, 0.1) is 12.2 Å². The summed E-state index contributed by atoms with van der Waals surface area (Å²) in [5.41, 5.74) is 4.51. The van der Waals surface area contributed by atoms with Gasteiger partial charge in [-0.3, -0.25) is 14.5 Å². The summed E-state index contributed by atoms with van der Waals surface area (Å²) in [4.78, 5) is 26.9. The van der Waals surface area contributed by atoms with E-state index in [0.717, 1.165) is 49.0 Å². The van der Waals surface area contributed by atoms with Gasteiger partial charge >= 0.3 is 5.97 Å². The maximum atomic E-state index is 13.8. The molecule has 2 aromatic rings. The highest BCUT2D eigenvalue weighted by Crippen LogP contribution is 2.42. The van der Waals surface area contributed by atoms with Crippen LogP contribution in [-0.4, -0.2) is 42.5 Å². The highest BCUT2D eigenvalue weighted by Gasteiger charge is 2.33. The number of rotatable bonds is 5. The number of carbonyl (C=O) groups is 2. The number of halogens is 1. The van der Waals surface area contributed by atoms with Crippen LogP contribution in [0.1, 0.15) is 49.4 Å². The summed E-state index contributed by atoms with van der Waals surface area (Å²) < 4.78 is 24.9. The van der Waals surface area contributed by atoms with Crippen molar-refractivity contribution in [3.8, 4) is 0 Å². The van der Waals surface area contributed by atoms with Crippen LogP contribution in [0, 0.1) is 5.82 Å². The second-order valence-electron chi connectivity index (χ2n) is 8.32. The van der Waals surface area contributed by atoms with Crippen LogP contribution in [0.2, 0.25) is 0 Å². The minimum atomic E-state index is -0.394. The Balaban J connectivity index is 0.00000259. The predicted octanol–water partition coefficient (Wildman–Crippen LogP) is 4.38. The second kappa shape index (κ2) is 9.35. The molecule has 0 radical (unpaired) electrons. The minimum Gasteiger partial charge on any atom is -0.487 e. The number of amides is 1. The van der Waals surface area contributed by atoms with Gasteiger partial charge in [0, 0.05) is 28.9 Å². The summed E-state index contributed by atoms with van der Waals surface area (Å²) in [6.07, 6.45) is 2.66. The lowest BCUT2D eigenvalue weighted by Crippen LogP contribution is -2.38. The van der Waals surface area contributed by atoms with Crippen LogP contribution in [0.3, 0.4) is 0 Å². The smallest absolute Gasteiger partial charge is 0.323 e. The third-order valence-electron chi connectivity index (χ3n) is 6.35. The SMILES string of the molecule is C.CCOC(=O)[C@@H]1CCCN1CCc1ccc2c(c1)CO/C2=C1/C(=O)Nc2ccc(F)cc21. The summed E-state index contributed by atoms with van der Waals surface area (Å²) in [6, 6.07) is 10.2. The molecule has 1 N–H and O–H groups in total. The Bertz CT molecular complexity index is 1130. The van der Waals surface area contributed by atoms with Crippen molar-refractivity contribution in [2.45, 2.75) is 46.3 Å². The molecule has 0 spiro atoms. The number of hydrogen-bond donors (Lipinski definition) is 1. The molecule has 7 heteroatoms. The normalized spacial score (nSPS) is 21.2. The topological polar surface area (TPSA) is 67.9 Å². The Labute approximate surface area is 193 Å². The van der Waals surface area contributed by atoms with Crippen LogP contribution in [-0.2, 0) is 32.1 Å². The van der Waals surface area contributed by atoms with Gasteiger partial charge in [0.1, 0.15) is 24.2 Å². The zero-order chi connectivity index (χ0) is 22.2. The fraction of sp³-hybridized carbons (Fsp3) is 0.385. The fourth-order valence-corrected chi connectivity index (χ4v) is 4.81. The van der Waals surface area contributed by atoms with Gasteiger partial charge in [-0.15, -0.1) is 0 Å². The zero-order valence-corrected chi connectivity index (χ0v) is 17.9. The van der Waals surface area contributed by atoms with E-state index in [0.29, 0.717) is 35.8 Å². The largest absolute Gasteiger partial charge is 0.487 e. The Morgan fingerprint density at radius 1 is 1.24 bits per heavy atom. The van der Waals surface area contributed by atoms with Gasteiger partial charge in [-0.2, -0.15) is 0 Å². The Hall–Kier alpha value is -3.19. The molecule has 174 valence electrons. The van der Waals surface area contributed by atoms with E-state index >= 15 is 0 Å². The molecule has 1 fully saturated rings. The van der Waals surface area contributed by atoms with Gasteiger partial charge in [-0.05, 0) is 56.5 Å². The fourth-order valence-electron chi connectivity index (χ4n) is 4.81. The Morgan fingerprint density at radius 2 is 2.09 bits per heavy atom. The van der Waals surface area contributed by atoms with Crippen LogP contribution in [0.25, 0.3) is 11.3 Å². The van der Waals surface area contributed by atoms with Crippen molar-refractivity contribution in [3.63, 3.8) is 0 Å². The molecule has 1 amide bonds. The number of carbonyl (C=O) groups excluding carboxylic acids is 2. The number of hydrogen-bond acceptors (Lipinski definition) is 5. The maximum absolute atomic E-state index is 13.8. The van der Waals surface area contributed by atoms with E-state index in [2.05, 4.69) is 16.3 Å². The number of fused-ring (bicyclic) bond motifs is 2. The van der Waals surface area contributed by atoms with E-state index < -0.39 is 5.82 Å². The van der Waals surface area contributed by atoms with Crippen molar-refractivity contribution >= 4 is 28.9 Å². The molecular formula is C26H29FN2O4. The van der Waals surface area contributed by atoms with E-state index in [1.165, 1.54) is 12.1 Å². The third kappa shape index (κ3) is 4.25. The van der Waals surface area contributed by atoms with Gasteiger partial charge in [0.15, 0.2) is 0 Å². The van der Waals surface area contributed by atoms with Crippen molar-refractivity contribution in [3.05, 3.63) is 64.5 Å². The highest BCUT2D eigenvalue weighted by atomic mass is 19.1. The van der Waals surface area contributed by atoms with Crippen molar-refractivity contribution in [1.29, 1.82) is 0 Å². The predicted molar refractivity (Wildman–Crippen MR) is 125 cm³/mol.